The SMILES string of the molecule is CC(C)(C(=O)Cc1noc2ccccc12)S(=O)(=O)c1ccc(Cl)cc1. The minimum Gasteiger partial charge on any atom is -0.356 e. The Hall–Kier alpha value is -2.18. The molecule has 0 amide bonds. The Balaban J connectivity index is 1.93. The predicted octanol–water partition coefficient (Wildman–Crippen LogP) is 3.85. The first-order chi connectivity index (χ1) is 11.7. The molecule has 130 valence electrons. The molecule has 0 fully saturated rings. The van der Waals surface area contributed by atoms with Crippen LogP contribution in [0.2, 0.25) is 5.02 Å². The molecule has 3 rings (SSSR count). The van der Waals surface area contributed by atoms with E-state index >= 15 is 0 Å². The maximum Gasteiger partial charge on any atom is 0.190 e. The van der Waals surface area contributed by atoms with Crippen LogP contribution in [-0.2, 0) is 21.1 Å². The molecule has 5 nitrogen and oxygen atoms in total. The van der Waals surface area contributed by atoms with Crippen LogP contribution in [0, 0.1) is 0 Å². The highest BCUT2D eigenvalue weighted by Gasteiger charge is 2.42. The van der Waals surface area contributed by atoms with Crippen molar-refractivity contribution in [3.63, 3.8) is 0 Å². The maximum absolute atomic E-state index is 12.9. The van der Waals surface area contributed by atoms with E-state index in [9.17, 15) is 13.2 Å². The Labute approximate surface area is 150 Å². The molecule has 7 heteroatoms. The highest BCUT2D eigenvalue weighted by molar-refractivity contribution is 7.93. The van der Waals surface area contributed by atoms with Gasteiger partial charge in [-0.3, -0.25) is 4.79 Å². The summed E-state index contributed by atoms with van der Waals surface area (Å²) in [6.07, 6.45) is -0.128. The molecule has 0 saturated carbocycles. The number of carbonyl (C=O) groups is 1. The summed E-state index contributed by atoms with van der Waals surface area (Å²) in [5, 5.41) is 5.04. The number of Topliss-reactive ketones (excluding diaryl/α,β-unsaturated/α-hetero) is 1. The molecular formula is C18H16ClNO4S. The largest absolute Gasteiger partial charge is 0.356 e. The molecule has 0 bridgehead atoms. The zero-order valence-electron chi connectivity index (χ0n) is 13.7. The van der Waals surface area contributed by atoms with Crippen molar-refractivity contribution < 1.29 is 17.7 Å². The number of benzene rings is 2. The van der Waals surface area contributed by atoms with Gasteiger partial charge in [0.25, 0.3) is 0 Å². The third-order valence-corrected chi connectivity index (χ3v) is 6.96. The Bertz CT molecular complexity index is 1040. The molecule has 0 saturated heterocycles. The molecule has 0 atom stereocenters. The molecule has 2 aromatic carbocycles. The lowest BCUT2D eigenvalue weighted by molar-refractivity contribution is -0.120. The zero-order chi connectivity index (χ0) is 18.2. The van der Waals surface area contributed by atoms with Crippen LogP contribution in [0.4, 0.5) is 0 Å². The van der Waals surface area contributed by atoms with Gasteiger partial charge in [-0.15, -0.1) is 0 Å². The number of hydrogen-bond donors (Lipinski definition) is 0. The zero-order valence-corrected chi connectivity index (χ0v) is 15.3. The van der Waals surface area contributed by atoms with Gasteiger partial charge in [-0.2, -0.15) is 0 Å². The van der Waals surface area contributed by atoms with Crippen LogP contribution < -0.4 is 0 Å². The van der Waals surface area contributed by atoms with Crippen LogP contribution >= 0.6 is 11.6 Å². The number of carbonyl (C=O) groups excluding carboxylic acids is 1. The number of fused-ring (bicyclic) bond motifs is 1. The fraction of sp³-hybridized carbons (Fsp3) is 0.222. The van der Waals surface area contributed by atoms with E-state index in [1.165, 1.54) is 38.1 Å². The van der Waals surface area contributed by atoms with E-state index in [4.69, 9.17) is 16.1 Å². The van der Waals surface area contributed by atoms with Crippen LogP contribution in [0.15, 0.2) is 57.9 Å². The quantitative estimate of drug-likeness (QED) is 0.675. The fourth-order valence-electron chi connectivity index (χ4n) is 2.49. The van der Waals surface area contributed by atoms with Gasteiger partial charge in [-0.1, -0.05) is 28.9 Å². The average molecular weight is 378 g/mol. The lowest BCUT2D eigenvalue weighted by Gasteiger charge is -2.23. The van der Waals surface area contributed by atoms with Crippen molar-refractivity contribution in [2.24, 2.45) is 0 Å². The van der Waals surface area contributed by atoms with Crippen LogP contribution in [-0.4, -0.2) is 24.1 Å². The summed E-state index contributed by atoms with van der Waals surface area (Å²) in [6.45, 7) is 2.81. The molecule has 1 heterocycles. The third-order valence-electron chi connectivity index (χ3n) is 4.25. The minimum atomic E-state index is -3.88. The van der Waals surface area contributed by atoms with Crippen molar-refractivity contribution in [1.82, 2.24) is 5.16 Å². The lowest BCUT2D eigenvalue weighted by Crippen LogP contribution is -2.41. The third kappa shape index (κ3) is 3.07. The second-order valence-electron chi connectivity index (χ2n) is 6.19. The van der Waals surface area contributed by atoms with Gasteiger partial charge in [0.2, 0.25) is 0 Å². The van der Waals surface area contributed by atoms with Gasteiger partial charge < -0.3 is 4.52 Å². The molecule has 0 aliphatic rings. The number of rotatable bonds is 5. The number of para-hydroxylation sites is 1. The van der Waals surface area contributed by atoms with Gasteiger partial charge >= 0.3 is 0 Å². The maximum atomic E-state index is 12.9. The Morgan fingerprint density at radius 2 is 1.76 bits per heavy atom. The van der Waals surface area contributed by atoms with E-state index in [0.29, 0.717) is 21.7 Å². The van der Waals surface area contributed by atoms with Crippen molar-refractivity contribution >= 4 is 38.2 Å². The predicted molar refractivity (Wildman–Crippen MR) is 95.4 cm³/mol. The van der Waals surface area contributed by atoms with Crippen molar-refractivity contribution in [3.8, 4) is 0 Å². The van der Waals surface area contributed by atoms with E-state index in [1.54, 1.807) is 18.2 Å². The van der Waals surface area contributed by atoms with Gasteiger partial charge in [-0.25, -0.2) is 8.42 Å². The molecule has 0 radical (unpaired) electrons. The van der Waals surface area contributed by atoms with Crippen LogP contribution in [0.3, 0.4) is 0 Å². The van der Waals surface area contributed by atoms with Crippen molar-refractivity contribution in [3.05, 3.63) is 59.2 Å². The first-order valence-corrected chi connectivity index (χ1v) is 9.46. The summed E-state index contributed by atoms with van der Waals surface area (Å²) in [5.74, 6) is -0.457. The molecule has 0 unspecified atom stereocenters. The number of ketones is 1. The summed E-state index contributed by atoms with van der Waals surface area (Å²) in [6, 6.07) is 12.9. The van der Waals surface area contributed by atoms with Crippen LogP contribution in [0.25, 0.3) is 11.0 Å². The second kappa shape index (κ2) is 6.28. The molecule has 3 aromatic rings. The molecule has 0 N–H and O–H groups in total. The first-order valence-electron chi connectivity index (χ1n) is 7.60. The van der Waals surface area contributed by atoms with Gasteiger partial charge in [0.05, 0.1) is 17.0 Å². The molecule has 1 aromatic heterocycles. The minimum absolute atomic E-state index is 0.0558. The van der Waals surface area contributed by atoms with E-state index in [0.717, 1.165) is 0 Å². The number of halogens is 1. The summed E-state index contributed by atoms with van der Waals surface area (Å²) in [5.41, 5.74) is 0.989. The summed E-state index contributed by atoms with van der Waals surface area (Å²) in [7, 11) is -3.88. The molecule has 0 aliphatic heterocycles. The number of aromatic nitrogens is 1. The van der Waals surface area contributed by atoms with E-state index in [-0.39, 0.29) is 11.3 Å². The normalized spacial score (nSPS) is 12.4. The Morgan fingerprint density at radius 3 is 2.44 bits per heavy atom. The Kier molecular flexibility index (Phi) is 4.43. The van der Waals surface area contributed by atoms with Crippen molar-refractivity contribution in [2.45, 2.75) is 29.9 Å². The van der Waals surface area contributed by atoms with Crippen molar-refractivity contribution in [1.29, 1.82) is 0 Å². The summed E-state index contributed by atoms with van der Waals surface area (Å²) in [4.78, 5) is 12.8. The number of hydrogen-bond acceptors (Lipinski definition) is 5. The van der Waals surface area contributed by atoms with E-state index in [1.807, 2.05) is 6.07 Å². The van der Waals surface area contributed by atoms with Gasteiger partial charge in [0, 0.05) is 10.4 Å². The van der Waals surface area contributed by atoms with Crippen LogP contribution in [0.1, 0.15) is 19.5 Å². The molecule has 0 aliphatic carbocycles. The number of sulfone groups is 1. The monoisotopic (exact) mass is 377 g/mol. The standard InChI is InChI=1S/C18H16ClNO4S/c1-18(2,25(22,23)13-9-7-12(19)8-10-13)17(21)11-15-14-5-3-4-6-16(14)24-20-15/h3-10H,11H2,1-2H3. The topological polar surface area (TPSA) is 77.2 Å². The van der Waals surface area contributed by atoms with E-state index < -0.39 is 20.4 Å². The highest BCUT2D eigenvalue weighted by Crippen LogP contribution is 2.29. The molecular weight excluding hydrogens is 362 g/mol. The van der Waals surface area contributed by atoms with Gasteiger partial charge in [0.1, 0.15) is 4.75 Å². The summed E-state index contributed by atoms with van der Waals surface area (Å²) < 4.78 is 29.4. The first kappa shape index (κ1) is 17.6. The molecule has 0 spiro atoms. The average Bonchev–Trinajstić information content (AvgIpc) is 2.98. The second-order valence-corrected chi connectivity index (χ2v) is 9.13. The highest BCUT2D eigenvalue weighted by atomic mass is 35.5. The molecule has 25 heavy (non-hydrogen) atoms. The smallest absolute Gasteiger partial charge is 0.190 e. The van der Waals surface area contributed by atoms with Crippen molar-refractivity contribution in [2.75, 3.05) is 0 Å². The summed E-state index contributed by atoms with van der Waals surface area (Å²) >= 11 is 5.81. The van der Waals surface area contributed by atoms with Gasteiger partial charge in [-0.05, 0) is 50.2 Å². The fourth-order valence-corrected chi connectivity index (χ4v) is 4.07. The van der Waals surface area contributed by atoms with E-state index in [2.05, 4.69) is 5.16 Å². The Morgan fingerprint density at radius 1 is 1.12 bits per heavy atom. The number of nitrogens with zero attached hydrogens (tertiary/aromatic N) is 1. The van der Waals surface area contributed by atoms with Crippen LogP contribution in [0.5, 0.6) is 0 Å². The van der Waals surface area contributed by atoms with Gasteiger partial charge in [0.15, 0.2) is 21.2 Å². The lowest BCUT2D eigenvalue weighted by atomic mass is 10.0.